The first-order chi connectivity index (χ1) is 9.66. The molecule has 2 unspecified atom stereocenters. The van der Waals surface area contributed by atoms with E-state index in [9.17, 15) is 8.78 Å². The highest BCUT2D eigenvalue weighted by Gasteiger charge is 2.49. The third-order valence-corrected chi connectivity index (χ3v) is 4.27. The number of benzene rings is 1. The molecule has 2 nitrogen and oxygen atoms in total. The number of hydrogen-bond acceptors (Lipinski definition) is 2. The summed E-state index contributed by atoms with van der Waals surface area (Å²) in [6.07, 6.45) is 0.872. The summed E-state index contributed by atoms with van der Waals surface area (Å²) >= 11 is 0. The quantitative estimate of drug-likeness (QED) is 0.899. The molecule has 1 fully saturated rings. The van der Waals surface area contributed by atoms with E-state index >= 15 is 0 Å². The number of nitrogens with one attached hydrogen (secondary N) is 1. The van der Waals surface area contributed by atoms with Crippen molar-refractivity contribution in [3.63, 3.8) is 0 Å². The topological polar surface area (TPSA) is 21.3 Å². The van der Waals surface area contributed by atoms with Crippen LogP contribution >= 0.6 is 0 Å². The standard InChI is InChI=1S/C17H25F2NO/c1-6-20-15(11-7-8-13(18)14(19)9-11)12-10-16(2,3)21-17(12,4)5/h7-9,12,15,20H,6,10H2,1-5H3. The molecule has 1 heterocycles. The van der Waals surface area contributed by atoms with Gasteiger partial charge in [0.2, 0.25) is 0 Å². The minimum atomic E-state index is -0.809. The Morgan fingerprint density at radius 1 is 1.24 bits per heavy atom. The fourth-order valence-electron chi connectivity index (χ4n) is 3.54. The van der Waals surface area contributed by atoms with Gasteiger partial charge in [-0.15, -0.1) is 0 Å². The van der Waals surface area contributed by atoms with Gasteiger partial charge in [-0.3, -0.25) is 0 Å². The van der Waals surface area contributed by atoms with Crippen LogP contribution in [-0.2, 0) is 4.74 Å². The van der Waals surface area contributed by atoms with E-state index < -0.39 is 11.6 Å². The second-order valence-corrected chi connectivity index (χ2v) is 6.98. The van der Waals surface area contributed by atoms with E-state index in [0.717, 1.165) is 18.5 Å². The van der Waals surface area contributed by atoms with Crippen molar-refractivity contribution >= 4 is 0 Å². The van der Waals surface area contributed by atoms with Crippen LogP contribution in [0.15, 0.2) is 18.2 Å². The van der Waals surface area contributed by atoms with Crippen molar-refractivity contribution in [3.05, 3.63) is 35.4 Å². The number of ether oxygens (including phenoxy) is 1. The first kappa shape index (κ1) is 16.4. The van der Waals surface area contributed by atoms with Crippen molar-refractivity contribution < 1.29 is 13.5 Å². The van der Waals surface area contributed by atoms with Crippen LogP contribution in [0.5, 0.6) is 0 Å². The van der Waals surface area contributed by atoms with Crippen LogP contribution in [0.1, 0.15) is 52.6 Å². The lowest BCUT2D eigenvalue weighted by molar-refractivity contribution is -0.0778. The highest BCUT2D eigenvalue weighted by molar-refractivity contribution is 5.23. The number of halogens is 2. The van der Waals surface area contributed by atoms with E-state index in [2.05, 4.69) is 33.0 Å². The Morgan fingerprint density at radius 3 is 2.38 bits per heavy atom. The largest absolute Gasteiger partial charge is 0.369 e. The molecule has 1 saturated heterocycles. The summed E-state index contributed by atoms with van der Waals surface area (Å²) in [7, 11) is 0. The Morgan fingerprint density at radius 2 is 1.90 bits per heavy atom. The lowest BCUT2D eigenvalue weighted by atomic mass is 9.79. The number of rotatable bonds is 4. The minimum Gasteiger partial charge on any atom is -0.369 e. The predicted octanol–water partition coefficient (Wildman–Crippen LogP) is 4.21. The summed E-state index contributed by atoms with van der Waals surface area (Å²) in [5, 5.41) is 3.41. The summed E-state index contributed by atoms with van der Waals surface area (Å²) in [6.45, 7) is 11.1. The highest BCUT2D eigenvalue weighted by Crippen LogP contribution is 2.47. The molecule has 0 amide bonds. The summed E-state index contributed by atoms with van der Waals surface area (Å²) in [4.78, 5) is 0. The zero-order chi connectivity index (χ0) is 15.8. The summed E-state index contributed by atoms with van der Waals surface area (Å²) in [5.74, 6) is -1.42. The average Bonchev–Trinajstić information content (AvgIpc) is 2.58. The average molecular weight is 297 g/mol. The van der Waals surface area contributed by atoms with Crippen molar-refractivity contribution in [1.82, 2.24) is 5.32 Å². The first-order valence-corrected chi connectivity index (χ1v) is 7.55. The lowest BCUT2D eigenvalue weighted by Crippen LogP contribution is -2.38. The smallest absolute Gasteiger partial charge is 0.159 e. The Bertz CT molecular complexity index is 514. The Balaban J connectivity index is 2.36. The molecule has 1 aliphatic rings. The Hall–Kier alpha value is -1.00. The van der Waals surface area contributed by atoms with Crippen molar-refractivity contribution in [2.24, 2.45) is 5.92 Å². The van der Waals surface area contributed by atoms with Gasteiger partial charge in [-0.05, 0) is 58.4 Å². The fraction of sp³-hybridized carbons (Fsp3) is 0.647. The van der Waals surface area contributed by atoms with E-state index in [1.165, 1.54) is 12.1 Å². The molecule has 1 aliphatic heterocycles. The second-order valence-electron chi connectivity index (χ2n) is 6.98. The van der Waals surface area contributed by atoms with Crippen molar-refractivity contribution in [2.45, 2.75) is 58.3 Å². The molecule has 1 aromatic rings. The van der Waals surface area contributed by atoms with Crippen molar-refractivity contribution in [1.29, 1.82) is 0 Å². The molecule has 2 rings (SSSR count). The Kier molecular flexibility index (Phi) is 4.41. The zero-order valence-electron chi connectivity index (χ0n) is 13.5. The van der Waals surface area contributed by atoms with Gasteiger partial charge in [0.25, 0.3) is 0 Å². The molecule has 0 aromatic heterocycles. The van der Waals surface area contributed by atoms with Crippen LogP contribution in [-0.4, -0.2) is 17.7 Å². The molecule has 1 N–H and O–H groups in total. The highest BCUT2D eigenvalue weighted by atomic mass is 19.2. The SMILES string of the molecule is CCNC(c1ccc(F)c(F)c1)C1CC(C)(C)OC1(C)C. The van der Waals surface area contributed by atoms with Crippen molar-refractivity contribution in [3.8, 4) is 0 Å². The van der Waals surface area contributed by atoms with E-state index in [1.807, 2.05) is 6.92 Å². The maximum atomic E-state index is 13.6. The van der Waals surface area contributed by atoms with Crippen LogP contribution in [0.2, 0.25) is 0 Å². The van der Waals surface area contributed by atoms with Gasteiger partial charge in [0.15, 0.2) is 11.6 Å². The van der Waals surface area contributed by atoms with Gasteiger partial charge in [0, 0.05) is 12.0 Å². The molecular formula is C17H25F2NO. The van der Waals surface area contributed by atoms with Crippen LogP contribution in [0.3, 0.4) is 0 Å². The molecule has 0 aliphatic carbocycles. The van der Waals surface area contributed by atoms with Crippen LogP contribution in [0.25, 0.3) is 0 Å². The van der Waals surface area contributed by atoms with Gasteiger partial charge in [0.05, 0.1) is 11.2 Å². The van der Waals surface area contributed by atoms with Crippen LogP contribution in [0, 0.1) is 17.6 Å². The van der Waals surface area contributed by atoms with E-state index in [-0.39, 0.29) is 23.2 Å². The van der Waals surface area contributed by atoms with Gasteiger partial charge in [-0.2, -0.15) is 0 Å². The third-order valence-electron chi connectivity index (χ3n) is 4.27. The maximum absolute atomic E-state index is 13.6. The summed E-state index contributed by atoms with van der Waals surface area (Å²) < 4.78 is 32.9. The monoisotopic (exact) mass is 297 g/mol. The molecule has 4 heteroatoms. The van der Waals surface area contributed by atoms with E-state index in [0.29, 0.717) is 0 Å². The van der Waals surface area contributed by atoms with Crippen LogP contribution < -0.4 is 5.32 Å². The molecule has 0 radical (unpaired) electrons. The van der Waals surface area contributed by atoms with Gasteiger partial charge < -0.3 is 10.1 Å². The van der Waals surface area contributed by atoms with Crippen molar-refractivity contribution in [2.75, 3.05) is 6.54 Å². The lowest BCUT2D eigenvalue weighted by Gasteiger charge is -2.33. The number of hydrogen-bond donors (Lipinski definition) is 1. The molecule has 0 bridgehead atoms. The predicted molar refractivity (Wildman–Crippen MR) is 80.1 cm³/mol. The fourth-order valence-corrected chi connectivity index (χ4v) is 3.54. The molecule has 1 aromatic carbocycles. The van der Waals surface area contributed by atoms with E-state index in [4.69, 9.17) is 4.74 Å². The second kappa shape index (κ2) is 5.65. The molecule has 118 valence electrons. The van der Waals surface area contributed by atoms with E-state index in [1.54, 1.807) is 6.07 Å². The molecular weight excluding hydrogens is 272 g/mol. The van der Waals surface area contributed by atoms with Gasteiger partial charge in [-0.1, -0.05) is 13.0 Å². The maximum Gasteiger partial charge on any atom is 0.159 e. The first-order valence-electron chi connectivity index (χ1n) is 7.55. The van der Waals surface area contributed by atoms with Gasteiger partial charge in [0.1, 0.15) is 0 Å². The minimum absolute atomic E-state index is 0.0538. The van der Waals surface area contributed by atoms with Gasteiger partial charge >= 0.3 is 0 Å². The normalized spacial score (nSPS) is 25.0. The molecule has 0 spiro atoms. The van der Waals surface area contributed by atoms with Gasteiger partial charge in [-0.25, -0.2) is 8.78 Å². The molecule has 2 atom stereocenters. The van der Waals surface area contributed by atoms with Crippen LogP contribution in [0.4, 0.5) is 8.78 Å². The molecule has 21 heavy (non-hydrogen) atoms. The summed E-state index contributed by atoms with van der Waals surface area (Å²) in [6, 6.07) is 4.10. The zero-order valence-corrected chi connectivity index (χ0v) is 13.5. The summed E-state index contributed by atoms with van der Waals surface area (Å²) in [5.41, 5.74) is 0.247. The Labute approximate surface area is 125 Å². The molecule has 0 saturated carbocycles. The third kappa shape index (κ3) is 3.43.